The summed E-state index contributed by atoms with van der Waals surface area (Å²) in [6.45, 7) is 4.55. The molecule has 2 amide bonds. The highest BCUT2D eigenvalue weighted by Crippen LogP contribution is 2.03. The Morgan fingerprint density at radius 1 is 1.00 bits per heavy atom. The van der Waals surface area contributed by atoms with E-state index < -0.39 is 54.2 Å². The average Bonchev–Trinajstić information content (AvgIpc) is 2.32. The summed E-state index contributed by atoms with van der Waals surface area (Å²) in [5.74, 6) is -4.54. The first-order valence-electron chi connectivity index (χ1n) is 6.37. The molecule has 0 rings (SSSR count). The Morgan fingerprint density at radius 3 is 1.86 bits per heavy atom. The third-order valence-corrected chi connectivity index (χ3v) is 2.66. The Labute approximate surface area is 121 Å². The summed E-state index contributed by atoms with van der Waals surface area (Å²) < 4.78 is 0. The minimum Gasteiger partial charge on any atom is -0.481 e. The molecule has 21 heavy (non-hydrogen) atoms. The summed E-state index contributed by atoms with van der Waals surface area (Å²) in [6, 6.07) is -3.49. The highest BCUT2D eigenvalue weighted by Gasteiger charge is 2.30. The molecular formula is C12H21N3O6. The van der Waals surface area contributed by atoms with Crippen molar-refractivity contribution in [2.75, 3.05) is 0 Å². The van der Waals surface area contributed by atoms with Gasteiger partial charge in [0.25, 0.3) is 0 Å². The lowest BCUT2D eigenvalue weighted by Crippen LogP contribution is -2.55. The SMILES string of the molecule is CC(N)C(=O)NC(CC(=O)O)C(=O)NC(C(=O)O)C(C)C. The molecule has 0 aromatic heterocycles. The van der Waals surface area contributed by atoms with Crippen LogP contribution in [0.3, 0.4) is 0 Å². The average molecular weight is 303 g/mol. The monoisotopic (exact) mass is 303 g/mol. The van der Waals surface area contributed by atoms with Crippen molar-refractivity contribution < 1.29 is 29.4 Å². The molecule has 0 aromatic rings. The van der Waals surface area contributed by atoms with Gasteiger partial charge in [0.2, 0.25) is 11.8 Å². The molecule has 0 fully saturated rings. The van der Waals surface area contributed by atoms with E-state index in [0.717, 1.165) is 0 Å². The van der Waals surface area contributed by atoms with Crippen molar-refractivity contribution in [3.05, 3.63) is 0 Å². The predicted octanol–water partition coefficient (Wildman–Crippen LogP) is -1.48. The summed E-state index contributed by atoms with van der Waals surface area (Å²) in [6.07, 6.45) is -0.672. The van der Waals surface area contributed by atoms with Crippen molar-refractivity contribution in [2.45, 2.75) is 45.3 Å². The van der Waals surface area contributed by atoms with Crippen LogP contribution >= 0.6 is 0 Å². The van der Waals surface area contributed by atoms with Crippen LogP contribution in [0, 0.1) is 5.92 Å². The van der Waals surface area contributed by atoms with E-state index in [1.54, 1.807) is 13.8 Å². The first-order valence-corrected chi connectivity index (χ1v) is 6.37. The first-order chi connectivity index (χ1) is 9.56. The highest BCUT2D eigenvalue weighted by molar-refractivity contribution is 5.93. The van der Waals surface area contributed by atoms with Gasteiger partial charge in [-0.05, 0) is 12.8 Å². The predicted molar refractivity (Wildman–Crippen MR) is 72.2 cm³/mol. The van der Waals surface area contributed by atoms with Gasteiger partial charge >= 0.3 is 11.9 Å². The molecule has 6 N–H and O–H groups in total. The zero-order valence-corrected chi connectivity index (χ0v) is 12.1. The smallest absolute Gasteiger partial charge is 0.326 e. The van der Waals surface area contributed by atoms with Crippen LogP contribution in [-0.2, 0) is 19.2 Å². The Kier molecular flexibility index (Phi) is 7.36. The van der Waals surface area contributed by atoms with E-state index in [9.17, 15) is 19.2 Å². The van der Waals surface area contributed by atoms with Crippen LogP contribution in [0.2, 0.25) is 0 Å². The van der Waals surface area contributed by atoms with Crippen molar-refractivity contribution in [1.82, 2.24) is 10.6 Å². The minimum absolute atomic E-state index is 0.402. The van der Waals surface area contributed by atoms with Gasteiger partial charge in [-0.1, -0.05) is 13.8 Å². The number of nitrogens with one attached hydrogen (secondary N) is 2. The molecule has 9 nitrogen and oxygen atoms in total. The van der Waals surface area contributed by atoms with Crippen molar-refractivity contribution in [2.24, 2.45) is 11.7 Å². The van der Waals surface area contributed by atoms with Gasteiger partial charge in [0.05, 0.1) is 12.5 Å². The molecule has 0 aliphatic carbocycles. The molecule has 0 radical (unpaired) electrons. The molecule has 0 aromatic carbocycles. The summed E-state index contributed by atoms with van der Waals surface area (Å²) in [5, 5.41) is 22.1. The van der Waals surface area contributed by atoms with Gasteiger partial charge in [0, 0.05) is 0 Å². The number of amides is 2. The van der Waals surface area contributed by atoms with Gasteiger partial charge in [0.15, 0.2) is 0 Å². The van der Waals surface area contributed by atoms with Gasteiger partial charge in [0.1, 0.15) is 12.1 Å². The van der Waals surface area contributed by atoms with Crippen LogP contribution in [0.1, 0.15) is 27.2 Å². The van der Waals surface area contributed by atoms with Crippen LogP contribution < -0.4 is 16.4 Å². The summed E-state index contributed by atoms with van der Waals surface area (Å²) in [5.41, 5.74) is 5.33. The molecule has 9 heteroatoms. The topological polar surface area (TPSA) is 159 Å². The number of nitrogens with two attached hydrogens (primary N) is 1. The second-order valence-corrected chi connectivity index (χ2v) is 5.02. The number of carbonyl (C=O) groups excluding carboxylic acids is 2. The van der Waals surface area contributed by atoms with Crippen molar-refractivity contribution in [3.8, 4) is 0 Å². The first kappa shape index (κ1) is 18.8. The van der Waals surface area contributed by atoms with E-state index in [1.807, 2.05) is 0 Å². The van der Waals surface area contributed by atoms with Crippen LogP contribution in [0.4, 0.5) is 0 Å². The fourth-order valence-corrected chi connectivity index (χ4v) is 1.45. The van der Waals surface area contributed by atoms with E-state index >= 15 is 0 Å². The zero-order chi connectivity index (χ0) is 16.7. The molecule has 0 bridgehead atoms. The largest absolute Gasteiger partial charge is 0.481 e. The van der Waals surface area contributed by atoms with E-state index in [1.165, 1.54) is 6.92 Å². The third kappa shape index (κ3) is 6.70. The Hall–Kier alpha value is -2.16. The van der Waals surface area contributed by atoms with E-state index in [-0.39, 0.29) is 0 Å². The number of carboxylic acid groups (broad SMARTS) is 2. The Morgan fingerprint density at radius 2 is 1.52 bits per heavy atom. The van der Waals surface area contributed by atoms with Crippen LogP contribution in [-0.4, -0.2) is 52.1 Å². The summed E-state index contributed by atoms with van der Waals surface area (Å²) in [7, 11) is 0. The van der Waals surface area contributed by atoms with Crippen LogP contribution in [0.15, 0.2) is 0 Å². The number of rotatable bonds is 8. The van der Waals surface area contributed by atoms with Gasteiger partial charge in [-0.25, -0.2) is 4.79 Å². The minimum atomic E-state index is -1.39. The molecule has 0 aliphatic rings. The van der Waals surface area contributed by atoms with Gasteiger partial charge in [-0.2, -0.15) is 0 Å². The van der Waals surface area contributed by atoms with Gasteiger partial charge in [-0.3, -0.25) is 14.4 Å². The van der Waals surface area contributed by atoms with Crippen LogP contribution in [0.25, 0.3) is 0 Å². The molecule has 3 unspecified atom stereocenters. The van der Waals surface area contributed by atoms with Crippen LogP contribution in [0.5, 0.6) is 0 Å². The van der Waals surface area contributed by atoms with Gasteiger partial charge < -0.3 is 26.6 Å². The summed E-state index contributed by atoms with van der Waals surface area (Å²) in [4.78, 5) is 45.2. The van der Waals surface area contributed by atoms with Crippen molar-refractivity contribution in [1.29, 1.82) is 0 Å². The van der Waals surface area contributed by atoms with Crippen molar-refractivity contribution in [3.63, 3.8) is 0 Å². The van der Waals surface area contributed by atoms with E-state index in [0.29, 0.717) is 0 Å². The second kappa shape index (κ2) is 8.20. The van der Waals surface area contributed by atoms with Crippen molar-refractivity contribution >= 4 is 23.8 Å². The fraction of sp³-hybridized carbons (Fsp3) is 0.667. The fourth-order valence-electron chi connectivity index (χ4n) is 1.45. The molecular weight excluding hydrogens is 282 g/mol. The molecule has 0 heterocycles. The summed E-state index contributed by atoms with van der Waals surface area (Å²) >= 11 is 0. The molecule has 0 saturated carbocycles. The molecule has 0 aliphatic heterocycles. The number of carboxylic acids is 2. The standard InChI is InChI=1S/C12H21N3O6/c1-5(2)9(12(20)21)15-11(19)7(4-8(16)17)14-10(18)6(3)13/h5-7,9H,4,13H2,1-3H3,(H,14,18)(H,15,19)(H,16,17)(H,20,21). The quantitative estimate of drug-likeness (QED) is 0.365. The van der Waals surface area contributed by atoms with Gasteiger partial charge in [-0.15, -0.1) is 0 Å². The lowest BCUT2D eigenvalue weighted by molar-refractivity contribution is -0.144. The number of aliphatic carboxylic acids is 2. The number of carbonyl (C=O) groups is 4. The molecule has 0 spiro atoms. The second-order valence-electron chi connectivity index (χ2n) is 5.02. The van der Waals surface area contributed by atoms with E-state index in [2.05, 4.69) is 10.6 Å². The Bertz CT molecular complexity index is 421. The number of hydrogen-bond acceptors (Lipinski definition) is 5. The molecule has 3 atom stereocenters. The molecule has 0 saturated heterocycles. The zero-order valence-electron chi connectivity index (χ0n) is 12.1. The van der Waals surface area contributed by atoms with E-state index in [4.69, 9.17) is 15.9 Å². The maximum atomic E-state index is 12.0. The maximum absolute atomic E-state index is 12.0. The highest BCUT2D eigenvalue weighted by atomic mass is 16.4. The maximum Gasteiger partial charge on any atom is 0.326 e. The number of hydrogen-bond donors (Lipinski definition) is 5. The normalized spacial score (nSPS) is 14.9. The molecule has 120 valence electrons. The lowest BCUT2D eigenvalue weighted by Gasteiger charge is -2.22. The third-order valence-electron chi connectivity index (χ3n) is 2.66. The Balaban J connectivity index is 4.98. The lowest BCUT2D eigenvalue weighted by atomic mass is 10.0.